The van der Waals surface area contributed by atoms with Crippen LogP contribution in [-0.2, 0) is 9.53 Å². The lowest BCUT2D eigenvalue weighted by Crippen LogP contribution is -2.50. The van der Waals surface area contributed by atoms with E-state index in [9.17, 15) is 19.1 Å². The molecular weight excluding hydrogens is 427 g/mol. The number of ether oxygens (including phenoxy) is 2. The summed E-state index contributed by atoms with van der Waals surface area (Å²) in [7, 11) is 1.46. The molecule has 1 saturated heterocycles. The molecule has 172 valence electrons. The highest BCUT2D eigenvalue weighted by Crippen LogP contribution is 2.43. The normalized spacial score (nSPS) is 18.7. The van der Waals surface area contributed by atoms with Crippen LogP contribution in [0.15, 0.2) is 48.5 Å². The third kappa shape index (κ3) is 4.02. The highest BCUT2D eigenvalue weighted by atomic mass is 19.1. The Morgan fingerprint density at radius 1 is 1.18 bits per heavy atom. The van der Waals surface area contributed by atoms with Crippen molar-refractivity contribution < 1.29 is 28.6 Å². The van der Waals surface area contributed by atoms with E-state index in [0.717, 1.165) is 5.39 Å². The Balaban J connectivity index is 1.77. The van der Waals surface area contributed by atoms with Crippen LogP contribution < -0.4 is 10.1 Å². The lowest BCUT2D eigenvalue weighted by atomic mass is 9.73. The zero-order chi connectivity index (χ0) is 23.9. The number of nitrogens with one attached hydrogen (secondary N) is 1. The molecule has 7 nitrogen and oxygen atoms in total. The largest absolute Gasteiger partial charge is 0.481 e. The van der Waals surface area contributed by atoms with Crippen LogP contribution in [0.3, 0.4) is 0 Å². The van der Waals surface area contributed by atoms with Crippen LogP contribution in [0.2, 0.25) is 0 Å². The van der Waals surface area contributed by atoms with Crippen LogP contribution in [-0.4, -0.2) is 40.9 Å². The van der Waals surface area contributed by atoms with Crippen LogP contribution in [0.4, 0.5) is 9.18 Å². The van der Waals surface area contributed by atoms with Gasteiger partial charge in [-0.15, -0.1) is 0 Å². The number of hydrogen-bond acceptors (Lipinski definition) is 6. The van der Waals surface area contributed by atoms with Gasteiger partial charge in [0, 0.05) is 22.4 Å². The summed E-state index contributed by atoms with van der Waals surface area (Å²) in [5.41, 5.74) is 0.0961. The number of aliphatic hydroxyl groups is 1. The highest BCUT2D eigenvalue weighted by Gasteiger charge is 2.52. The van der Waals surface area contributed by atoms with Crippen molar-refractivity contribution in [2.24, 2.45) is 5.92 Å². The minimum absolute atomic E-state index is 0.164. The molecule has 4 rings (SSSR count). The van der Waals surface area contributed by atoms with Gasteiger partial charge in [0.05, 0.1) is 12.8 Å². The molecular formula is C25H25FN2O5. The van der Waals surface area contributed by atoms with Gasteiger partial charge in [-0.25, -0.2) is 14.2 Å². The topological polar surface area (TPSA) is 97.8 Å². The molecule has 2 amide bonds. The van der Waals surface area contributed by atoms with E-state index in [0.29, 0.717) is 22.2 Å². The zero-order valence-electron chi connectivity index (χ0n) is 18.8. The molecule has 2 N–H and O–H groups in total. The van der Waals surface area contributed by atoms with Gasteiger partial charge in [0.1, 0.15) is 11.4 Å². The second-order valence-electron chi connectivity index (χ2n) is 8.69. The molecule has 2 aromatic carbocycles. The molecule has 0 spiro atoms. The summed E-state index contributed by atoms with van der Waals surface area (Å²) in [6.07, 6.45) is -2.26. The van der Waals surface area contributed by atoms with E-state index >= 15 is 0 Å². The lowest BCUT2D eigenvalue weighted by Gasteiger charge is -2.38. The fraction of sp³-hybridized carbons (Fsp3) is 0.320. The van der Waals surface area contributed by atoms with E-state index in [-0.39, 0.29) is 17.6 Å². The Labute approximate surface area is 190 Å². The number of pyridine rings is 1. The van der Waals surface area contributed by atoms with Crippen molar-refractivity contribution in [1.29, 1.82) is 0 Å². The molecule has 0 aliphatic carbocycles. The Bertz CT molecular complexity index is 1240. The fourth-order valence-corrected chi connectivity index (χ4v) is 4.66. The smallest absolute Gasteiger partial charge is 0.414 e. The summed E-state index contributed by atoms with van der Waals surface area (Å²) in [5, 5.41) is 14.7. The molecule has 2 heterocycles. The van der Waals surface area contributed by atoms with Crippen LogP contribution in [0.5, 0.6) is 5.88 Å². The number of imide groups is 1. The number of nitrogens with zero attached hydrogens (tertiary/aromatic N) is 1. The van der Waals surface area contributed by atoms with Crippen molar-refractivity contribution in [2.75, 3.05) is 7.11 Å². The summed E-state index contributed by atoms with van der Waals surface area (Å²) in [5.74, 6) is -1.58. The monoisotopic (exact) mass is 452 g/mol. The second-order valence-corrected chi connectivity index (χ2v) is 8.69. The Morgan fingerprint density at radius 2 is 1.94 bits per heavy atom. The van der Waals surface area contributed by atoms with Gasteiger partial charge < -0.3 is 14.6 Å². The summed E-state index contributed by atoms with van der Waals surface area (Å²) in [6.45, 7) is 5.22. The molecule has 8 heteroatoms. The first-order valence-electron chi connectivity index (χ1n) is 10.6. The van der Waals surface area contributed by atoms with E-state index in [1.54, 1.807) is 24.3 Å². The number of halogens is 1. The van der Waals surface area contributed by atoms with Gasteiger partial charge in [-0.1, -0.05) is 44.2 Å². The van der Waals surface area contributed by atoms with E-state index in [1.807, 2.05) is 32.0 Å². The van der Waals surface area contributed by atoms with Gasteiger partial charge in [0.2, 0.25) is 12.0 Å². The number of carbonyl (C=O) groups excluding carboxylic acids is 2. The number of fused-ring (bicyclic) bond motifs is 1. The van der Waals surface area contributed by atoms with Crippen LogP contribution in [0.25, 0.3) is 22.0 Å². The average molecular weight is 452 g/mol. The molecule has 3 atom stereocenters. The van der Waals surface area contributed by atoms with Crippen LogP contribution >= 0.6 is 0 Å². The number of alkyl carbamates (subject to hydrolysis) is 1. The molecule has 0 bridgehead atoms. The minimum Gasteiger partial charge on any atom is -0.481 e. The molecule has 0 saturated carbocycles. The first kappa shape index (κ1) is 22.7. The van der Waals surface area contributed by atoms with E-state index < -0.39 is 29.6 Å². The second kappa shape index (κ2) is 8.44. The van der Waals surface area contributed by atoms with Gasteiger partial charge in [0.15, 0.2) is 0 Å². The number of carbonyl (C=O) groups is 2. The number of hydrogen-bond donors (Lipinski definition) is 2. The molecule has 3 unspecified atom stereocenters. The first-order chi connectivity index (χ1) is 15.6. The molecule has 1 aliphatic rings. The number of amides is 2. The van der Waals surface area contributed by atoms with Crippen molar-refractivity contribution in [2.45, 2.75) is 38.4 Å². The number of cyclic esters (lactones) is 1. The first-order valence-corrected chi connectivity index (χ1v) is 10.6. The third-order valence-corrected chi connectivity index (χ3v) is 6.06. The number of aromatic nitrogens is 1. The van der Waals surface area contributed by atoms with Crippen molar-refractivity contribution in [1.82, 2.24) is 10.3 Å². The van der Waals surface area contributed by atoms with Crippen LogP contribution in [0, 0.1) is 11.7 Å². The summed E-state index contributed by atoms with van der Waals surface area (Å²) >= 11 is 0. The quantitative estimate of drug-likeness (QED) is 0.583. The predicted octanol–water partition coefficient (Wildman–Crippen LogP) is 4.18. The van der Waals surface area contributed by atoms with Crippen molar-refractivity contribution in [3.8, 4) is 17.1 Å². The summed E-state index contributed by atoms with van der Waals surface area (Å²) in [6, 6.07) is 13.8. The molecule has 0 radical (unpaired) electrons. The maximum atomic E-state index is 14.3. The van der Waals surface area contributed by atoms with Crippen molar-refractivity contribution in [3.05, 3.63) is 59.9 Å². The van der Waals surface area contributed by atoms with E-state index in [4.69, 9.17) is 9.47 Å². The van der Waals surface area contributed by atoms with Gasteiger partial charge in [-0.2, -0.15) is 0 Å². The maximum absolute atomic E-state index is 14.3. The lowest BCUT2D eigenvalue weighted by molar-refractivity contribution is -0.138. The van der Waals surface area contributed by atoms with E-state index in [1.165, 1.54) is 20.1 Å². The number of rotatable bonds is 6. The maximum Gasteiger partial charge on any atom is 0.414 e. The standard InChI is InChI=1S/C25H25FN2O5/c1-13(2)20(25(3,31)21-22(29)28-24(30)33-21)16-10-11-19(27-23(16)32-4)15-9-8-14-6-5-7-18(26)17(14)12-15/h5-13,20-21,31H,1-4H3,(H,28,29,30). The highest BCUT2D eigenvalue weighted by molar-refractivity contribution is 6.00. The van der Waals surface area contributed by atoms with Crippen molar-refractivity contribution >= 4 is 22.8 Å². The number of methoxy groups -OCH3 is 1. The van der Waals surface area contributed by atoms with E-state index in [2.05, 4.69) is 10.3 Å². The molecule has 3 aromatic rings. The average Bonchev–Trinajstić information content (AvgIpc) is 3.12. The van der Waals surface area contributed by atoms with Crippen molar-refractivity contribution in [3.63, 3.8) is 0 Å². The summed E-state index contributed by atoms with van der Waals surface area (Å²) < 4.78 is 24.9. The zero-order valence-corrected chi connectivity index (χ0v) is 18.8. The fourth-order valence-electron chi connectivity index (χ4n) is 4.66. The Morgan fingerprint density at radius 3 is 2.58 bits per heavy atom. The number of benzene rings is 2. The van der Waals surface area contributed by atoms with Gasteiger partial charge in [0.25, 0.3) is 5.91 Å². The SMILES string of the molecule is COc1nc(-c2ccc3cccc(F)c3c2)ccc1C(C(C)C)C(C)(O)C1OC(=O)NC1=O. The Hall–Kier alpha value is -3.52. The van der Waals surface area contributed by atoms with Gasteiger partial charge in [-0.3, -0.25) is 10.1 Å². The van der Waals surface area contributed by atoms with Crippen LogP contribution in [0.1, 0.15) is 32.3 Å². The molecule has 1 aliphatic heterocycles. The van der Waals surface area contributed by atoms with Gasteiger partial charge in [-0.05, 0) is 36.4 Å². The third-order valence-electron chi connectivity index (χ3n) is 6.06. The predicted molar refractivity (Wildman–Crippen MR) is 120 cm³/mol. The molecule has 33 heavy (non-hydrogen) atoms. The Kier molecular flexibility index (Phi) is 5.80. The molecule has 1 aromatic heterocycles. The minimum atomic E-state index is -1.73. The van der Waals surface area contributed by atoms with Gasteiger partial charge >= 0.3 is 6.09 Å². The summed E-state index contributed by atoms with van der Waals surface area (Å²) in [4.78, 5) is 28.4. The molecule has 1 fully saturated rings.